The standard InChI is InChI=1S/C37H44N8O2/c1-5-8-35(46)44(16-6-2)23-34-41-28-15-14-27(19-29(28)42-34)31-21-38-30(20-39-31)25-10-12-26(13-11-25)32-22-40-37(43-32)33-9-7-17-45(33)36(47)18-24(3)4/h10-15,19-22,24,33H,5-9,16-18,23H2,1-4H3,(H,40,43)(H,41,42)/t33-/m0/s1. The summed E-state index contributed by atoms with van der Waals surface area (Å²) >= 11 is 0. The maximum Gasteiger partial charge on any atom is 0.223 e. The largest absolute Gasteiger partial charge is 0.340 e. The summed E-state index contributed by atoms with van der Waals surface area (Å²) in [5.74, 6) is 2.34. The number of H-pyrrole nitrogens is 2. The molecule has 0 radical (unpaired) electrons. The predicted octanol–water partition coefficient (Wildman–Crippen LogP) is 7.33. The first-order chi connectivity index (χ1) is 22.8. The van der Waals surface area contributed by atoms with Crippen LogP contribution >= 0.6 is 0 Å². The number of benzene rings is 2. The summed E-state index contributed by atoms with van der Waals surface area (Å²) in [5.41, 5.74) is 7.18. The minimum absolute atomic E-state index is 0.0106. The number of carbonyl (C=O) groups is 2. The second-order valence-electron chi connectivity index (χ2n) is 12.9. The molecule has 3 aromatic heterocycles. The molecule has 1 saturated heterocycles. The van der Waals surface area contributed by atoms with Crippen LogP contribution in [0.3, 0.4) is 0 Å². The van der Waals surface area contributed by atoms with Gasteiger partial charge in [-0.3, -0.25) is 19.6 Å². The Bertz CT molecular complexity index is 1820. The van der Waals surface area contributed by atoms with Crippen LogP contribution in [0.4, 0.5) is 0 Å². The van der Waals surface area contributed by atoms with Gasteiger partial charge in [0.15, 0.2) is 0 Å². The molecular formula is C37H44N8O2. The third-order valence-electron chi connectivity index (χ3n) is 8.69. The highest BCUT2D eigenvalue weighted by Crippen LogP contribution is 2.33. The van der Waals surface area contributed by atoms with Crippen molar-refractivity contribution in [1.82, 2.24) is 39.7 Å². The fraction of sp³-hybridized carbons (Fsp3) is 0.405. The van der Waals surface area contributed by atoms with E-state index < -0.39 is 0 Å². The minimum Gasteiger partial charge on any atom is -0.340 e. The molecule has 1 aliphatic rings. The third kappa shape index (κ3) is 7.26. The van der Waals surface area contributed by atoms with Gasteiger partial charge in [-0.25, -0.2) is 9.97 Å². The van der Waals surface area contributed by atoms with Crippen LogP contribution < -0.4 is 0 Å². The van der Waals surface area contributed by atoms with Crippen LogP contribution in [0.2, 0.25) is 0 Å². The lowest BCUT2D eigenvalue weighted by Crippen LogP contribution is -2.31. The van der Waals surface area contributed by atoms with Crippen LogP contribution in [0, 0.1) is 5.92 Å². The van der Waals surface area contributed by atoms with E-state index in [2.05, 4.69) is 47.9 Å². The summed E-state index contributed by atoms with van der Waals surface area (Å²) in [6.07, 6.45) is 10.2. The smallest absolute Gasteiger partial charge is 0.223 e. The molecule has 2 N–H and O–H groups in total. The van der Waals surface area contributed by atoms with Crippen LogP contribution in [0.25, 0.3) is 44.8 Å². The van der Waals surface area contributed by atoms with Crippen molar-refractivity contribution < 1.29 is 9.59 Å². The lowest BCUT2D eigenvalue weighted by atomic mass is 10.1. The Hall–Kier alpha value is -4.86. The Balaban J connectivity index is 1.13. The zero-order valence-corrected chi connectivity index (χ0v) is 27.8. The lowest BCUT2D eigenvalue weighted by Gasteiger charge is -2.24. The van der Waals surface area contributed by atoms with E-state index in [0.29, 0.717) is 25.3 Å². The second kappa shape index (κ2) is 14.3. The number of nitrogens with one attached hydrogen (secondary N) is 2. The first kappa shape index (κ1) is 32.1. The van der Waals surface area contributed by atoms with E-state index in [1.54, 1.807) is 12.4 Å². The summed E-state index contributed by atoms with van der Waals surface area (Å²) < 4.78 is 0. The molecule has 47 heavy (non-hydrogen) atoms. The number of amides is 2. The molecule has 10 heteroatoms. The number of likely N-dealkylation sites (tertiary alicyclic amines) is 1. The molecule has 0 bridgehead atoms. The van der Waals surface area contributed by atoms with Crippen molar-refractivity contribution >= 4 is 22.8 Å². The average Bonchev–Trinajstić information content (AvgIpc) is 3.84. The van der Waals surface area contributed by atoms with Crippen LogP contribution in [-0.4, -0.2) is 64.6 Å². The zero-order chi connectivity index (χ0) is 32.9. The first-order valence-electron chi connectivity index (χ1n) is 16.9. The number of hydrogen-bond donors (Lipinski definition) is 2. The molecule has 4 heterocycles. The van der Waals surface area contributed by atoms with Gasteiger partial charge in [-0.05, 0) is 49.3 Å². The molecule has 5 aromatic rings. The van der Waals surface area contributed by atoms with Crippen molar-refractivity contribution in [1.29, 1.82) is 0 Å². The molecule has 10 nitrogen and oxygen atoms in total. The predicted molar refractivity (Wildman–Crippen MR) is 184 cm³/mol. The summed E-state index contributed by atoms with van der Waals surface area (Å²) in [5, 5.41) is 0. The molecule has 1 aliphatic heterocycles. The van der Waals surface area contributed by atoms with Gasteiger partial charge in [0, 0.05) is 37.1 Å². The van der Waals surface area contributed by atoms with Gasteiger partial charge in [0.25, 0.3) is 0 Å². The van der Waals surface area contributed by atoms with Crippen molar-refractivity contribution in [3.05, 3.63) is 72.7 Å². The highest BCUT2D eigenvalue weighted by Gasteiger charge is 2.32. The van der Waals surface area contributed by atoms with E-state index in [1.807, 2.05) is 53.3 Å². The fourth-order valence-electron chi connectivity index (χ4n) is 6.33. The molecule has 244 valence electrons. The number of imidazole rings is 2. The number of rotatable bonds is 12. The van der Waals surface area contributed by atoms with Gasteiger partial charge in [0.05, 0.1) is 59.3 Å². The van der Waals surface area contributed by atoms with Crippen LogP contribution in [0.1, 0.15) is 83.9 Å². The molecule has 0 unspecified atom stereocenters. The van der Waals surface area contributed by atoms with Crippen molar-refractivity contribution in [2.45, 2.75) is 78.8 Å². The highest BCUT2D eigenvalue weighted by atomic mass is 16.2. The van der Waals surface area contributed by atoms with Crippen LogP contribution in [-0.2, 0) is 16.1 Å². The van der Waals surface area contributed by atoms with E-state index in [0.717, 1.165) is 95.2 Å². The number of fused-ring (bicyclic) bond motifs is 1. The van der Waals surface area contributed by atoms with Crippen molar-refractivity contribution in [2.75, 3.05) is 13.1 Å². The van der Waals surface area contributed by atoms with Gasteiger partial charge in [0.1, 0.15) is 11.6 Å². The van der Waals surface area contributed by atoms with E-state index >= 15 is 0 Å². The number of nitrogens with zero attached hydrogens (tertiary/aromatic N) is 6. The second-order valence-corrected chi connectivity index (χ2v) is 12.9. The molecule has 2 aromatic carbocycles. The Labute approximate surface area is 276 Å². The maximum absolute atomic E-state index is 12.8. The molecule has 0 saturated carbocycles. The first-order valence-corrected chi connectivity index (χ1v) is 16.9. The number of hydrogen-bond acceptors (Lipinski definition) is 6. The number of aromatic nitrogens is 6. The lowest BCUT2D eigenvalue weighted by molar-refractivity contribution is -0.133. The quantitative estimate of drug-likeness (QED) is 0.149. The highest BCUT2D eigenvalue weighted by molar-refractivity contribution is 5.82. The summed E-state index contributed by atoms with van der Waals surface area (Å²) in [6, 6.07) is 14.2. The van der Waals surface area contributed by atoms with Crippen molar-refractivity contribution in [3.8, 4) is 33.8 Å². The number of carbonyl (C=O) groups excluding carboxylic acids is 2. The zero-order valence-electron chi connectivity index (χ0n) is 27.8. The van der Waals surface area contributed by atoms with Gasteiger partial charge in [-0.15, -0.1) is 0 Å². The van der Waals surface area contributed by atoms with Gasteiger partial charge in [-0.2, -0.15) is 0 Å². The summed E-state index contributed by atoms with van der Waals surface area (Å²) in [7, 11) is 0. The van der Waals surface area contributed by atoms with E-state index in [9.17, 15) is 9.59 Å². The SMILES string of the molecule is CCCC(=O)N(CCC)Cc1nc2ccc(-c3cnc(-c4ccc(-c5cnc([C@@H]6CCCN6C(=O)CC(C)C)[nH]5)cc4)cn3)cc2[nH]1. The number of aromatic amines is 2. The summed E-state index contributed by atoms with van der Waals surface area (Å²) in [4.78, 5) is 54.9. The Morgan fingerprint density at radius 2 is 1.64 bits per heavy atom. The van der Waals surface area contributed by atoms with Gasteiger partial charge >= 0.3 is 0 Å². The molecule has 0 aliphatic carbocycles. The normalized spacial score (nSPS) is 14.7. The summed E-state index contributed by atoms with van der Waals surface area (Å²) in [6.45, 7) is 10.3. The van der Waals surface area contributed by atoms with Crippen LogP contribution in [0.15, 0.2) is 61.1 Å². The molecule has 6 rings (SSSR count). The van der Waals surface area contributed by atoms with Gasteiger partial charge < -0.3 is 19.8 Å². The molecular weight excluding hydrogens is 588 g/mol. The third-order valence-corrected chi connectivity index (χ3v) is 8.69. The minimum atomic E-state index is 0.0106. The monoisotopic (exact) mass is 632 g/mol. The topological polar surface area (TPSA) is 124 Å². The average molecular weight is 633 g/mol. The van der Waals surface area contributed by atoms with Crippen molar-refractivity contribution in [3.63, 3.8) is 0 Å². The van der Waals surface area contributed by atoms with Gasteiger partial charge in [-0.1, -0.05) is 58.0 Å². The van der Waals surface area contributed by atoms with E-state index in [4.69, 9.17) is 15.0 Å². The Morgan fingerprint density at radius 1 is 0.915 bits per heavy atom. The maximum atomic E-state index is 12.8. The van der Waals surface area contributed by atoms with E-state index in [1.165, 1.54) is 0 Å². The van der Waals surface area contributed by atoms with Crippen LogP contribution in [0.5, 0.6) is 0 Å². The molecule has 1 fully saturated rings. The molecule has 1 atom stereocenters. The van der Waals surface area contributed by atoms with E-state index in [-0.39, 0.29) is 17.9 Å². The Kier molecular flexibility index (Phi) is 9.75. The van der Waals surface area contributed by atoms with Gasteiger partial charge in [0.2, 0.25) is 11.8 Å². The molecule has 2 amide bonds. The molecule has 0 spiro atoms. The Morgan fingerprint density at radius 3 is 2.34 bits per heavy atom. The van der Waals surface area contributed by atoms with Crippen molar-refractivity contribution in [2.24, 2.45) is 5.92 Å². The fourth-order valence-corrected chi connectivity index (χ4v) is 6.33.